The van der Waals surface area contributed by atoms with Gasteiger partial charge in [0.25, 0.3) is 0 Å². The molecule has 2 N–H and O–H groups in total. The second-order valence-electron chi connectivity index (χ2n) is 4.38. The molecule has 4 nitrogen and oxygen atoms in total. The minimum absolute atomic E-state index is 0.142. The van der Waals surface area contributed by atoms with Crippen molar-refractivity contribution in [3.8, 4) is 5.69 Å². The van der Waals surface area contributed by atoms with Crippen molar-refractivity contribution in [2.24, 2.45) is 0 Å². The van der Waals surface area contributed by atoms with E-state index < -0.39 is 5.82 Å². The number of nitrogens with zero attached hydrogens (tertiary/aromatic N) is 3. The summed E-state index contributed by atoms with van der Waals surface area (Å²) in [7, 11) is 0. The van der Waals surface area contributed by atoms with Crippen LogP contribution in [0.3, 0.4) is 0 Å². The average molecular weight is 311 g/mol. The Hall–Kier alpha value is -1.85. The molecule has 3 aromatic rings. The number of hydrogen-bond acceptors (Lipinski definition) is 3. The van der Waals surface area contributed by atoms with Gasteiger partial charge in [-0.1, -0.05) is 23.2 Å². The van der Waals surface area contributed by atoms with Gasteiger partial charge in [0.1, 0.15) is 11.3 Å². The van der Waals surface area contributed by atoms with Crippen LogP contribution >= 0.6 is 23.2 Å². The molecule has 0 unspecified atom stereocenters. The lowest BCUT2D eigenvalue weighted by Gasteiger charge is -2.10. The third-order valence-corrected chi connectivity index (χ3v) is 3.44. The first-order valence-corrected chi connectivity index (χ1v) is 6.48. The molecule has 0 atom stereocenters. The Balaban J connectivity index is 2.38. The average Bonchev–Trinajstić information content (AvgIpc) is 2.64. The molecule has 0 fully saturated rings. The van der Waals surface area contributed by atoms with Crippen molar-refractivity contribution in [3.05, 3.63) is 45.8 Å². The van der Waals surface area contributed by atoms with E-state index >= 15 is 0 Å². The zero-order chi connectivity index (χ0) is 14.4. The van der Waals surface area contributed by atoms with Crippen LogP contribution in [0.15, 0.2) is 24.4 Å². The molecule has 20 heavy (non-hydrogen) atoms. The third-order valence-electron chi connectivity index (χ3n) is 2.87. The van der Waals surface area contributed by atoms with Crippen LogP contribution < -0.4 is 5.73 Å². The number of anilines is 1. The van der Waals surface area contributed by atoms with Crippen molar-refractivity contribution < 1.29 is 4.39 Å². The van der Waals surface area contributed by atoms with Crippen LogP contribution in [-0.4, -0.2) is 14.5 Å². The van der Waals surface area contributed by atoms with Crippen molar-refractivity contribution in [1.29, 1.82) is 0 Å². The topological polar surface area (TPSA) is 56.7 Å². The second-order valence-corrected chi connectivity index (χ2v) is 5.19. The molecule has 0 saturated carbocycles. The number of nitrogens with two attached hydrogens (primary N) is 1. The summed E-state index contributed by atoms with van der Waals surface area (Å²) in [6.45, 7) is 1.90. The first-order chi connectivity index (χ1) is 9.47. The van der Waals surface area contributed by atoms with Crippen LogP contribution in [0.2, 0.25) is 10.0 Å². The van der Waals surface area contributed by atoms with E-state index in [4.69, 9.17) is 28.9 Å². The first-order valence-electron chi connectivity index (χ1n) is 5.73. The molecule has 0 amide bonds. The van der Waals surface area contributed by atoms with Gasteiger partial charge in [0.15, 0.2) is 5.65 Å². The molecule has 2 aromatic heterocycles. The Morgan fingerprint density at radius 2 is 1.85 bits per heavy atom. The van der Waals surface area contributed by atoms with Crippen molar-refractivity contribution in [2.75, 3.05) is 5.73 Å². The summed E-state index contributed by atoms with van der Waals surface area (Å²) >= 11 is 12.1. The minimum Gasteiger partial charge on any atom is -0.369 e. The Labute approximate surface area is 124 Å². The Bertz CT molecular complexity index is 806. The molecule has 0 aliphatic heterocycles. The first kappa shape index (κ1) is 13.1. The molecule has 0 aliphatic carbocycles. The highest BCUT2D eigenvalue weighted by atomic mass is 35.5. The highest BCUT2D eigenvalue weighted by Crippen LogP contribution is 2.33. The van der Waals surface area contributed by atoms with Crippen LogP contribution in [0.25, 0.3) is 16.9 Å². The van der Waals surface area contributed by atoms with Gasteiger partial charge in [-0.15, -0.1) is 0 Å². The predicted molar refractivity (Wildman–Crippen MR) is 78.0 cm³/mol. The van der Waals surface area contributed by atoms with Crippen molar-refractivity contribution >= 4 is 40.3 Å². The van der Waals surface area contributed by atoms with Crippen molar-refractivity contribution in [1.82, 2.24) is 14.5 Å². The van der Waals surface area contributed by atoms with Crippen LogP contribution in [0, 0.1) is 12.7 Å². The Morgan fingerprint density at radius 3 is 2.50 bits per heavy atom. The molecule has 0 saturated heterocycles. The zero-order valence-corrected chi connectivity index (χ0v) is 11.9. The van der Waals surface area contributed by atoms with E-state index in [0.717, 1.165) is 5.56 Å². The fraction of sp³-hybridized carbons (Fsp3) is 0.0769. The number of aryl methyl sites for hydroxylation is 1. The summed E-state index contributed by atoms with van der Waals surface area (Å²) in [6.07, 6.45) is 1.69. The summed E-state index contributed by atoms with van der Waals surface area (Å²) in [5, 5.41) is 0.284. The van der Waals surface area contributed by atoms with Gasteiger partial charge in [-0.2, -0.15) is 0 Å². The van der Waals surface area contributed by atoms with Gasteiger partial charge in [-0.3, -0.25) is 4.57 Å². The molecule has 0 bridgehead atoms. The number of aromatic nitrogens is 3. The van der Waals surface area contributed by atoms with Crippen molar-refractivity contribution in [2.45, 2.75) is 6.92 Å². The van der Waals surface area contributed by atoms with E-state index in [1.54, 1.807) is 6.20 Å². The fourth-order valence-corrected chi connectivity index (χ4v) is 2.68. The summed E-state index contributed by atoms with van der Waals surface area (Å²) in [6, 6.07) is 4.19. The normalized spacial score (nSPS) is 11.2. The van der Waals surface area contributed by atoms with Gasteiger partial charge in [-0.05, 0) is 30.7 Å². The number of fused-ring (bicyclic) bond motifs is 1. The molecule has 2 heterocycles. The second kappa shape index (κ2) is 4.61. The lowest BCUT2D eigenvalue weighted by atomic mass is 10.3. The molecular weight excluding hydrogens is 302 g/mol. The maximum absolute atomic E-state index is 13.3. The standard InChI is InChI=1S/C13H9Cl2FN4/c1-6-2-10-12(18-5-6)20(13(17)19-10)11-8(14)3-7(16)4-9(11)15/h2-5H,1H3,(H2,17,19). The minimum atomic E-state index is -0.518. The van der Waals surface area contributed by atoms with Crippen LogP contribution in [0.4, 0.5) is 10.3 Å². The van der Waals surface area contributed by atoms with Gasteiger partial charge in [-0.25, -0.2) is 14.4 Å². The van der Waals surface area contributed by atoms with Gasteiger partial charge in [0.2, 0.25) is 5.95 Å². The Kier molecular flexibility index (Phi) is 3.03. The van der Waals surface area contributed by atoms with Gasteiger partial charge >= 0.3 is 0 Å². The molecule has 0 spiro atoms. The number of pyridine rings is 1. The number of imidazole rings is 1. The van der Waals surface area contributed by atoms with E-state index in [1.807, 2.05) is 13.0 Å². The van der Waals surface area contributed by atoms with Crippen molar-refractivity contribution in [3.63, 3.8) is 0 Å². The van der Waals surface area contributed by atoms with Crippen LogP contribution in [-0.2, 0) is 0 Å². The third kappa shape index (κ3) is 1.99. The molecular formula is C13H9Cl2FN4. The largest absolute Gasteiger partial charge is 0.369 e. The molecule has 3 rings (SSSR count). The van der Waals surface area contributed by atoms with Gasteiger partial charge < -0.3 is 5.73 Å². The molecule has 102 valence electrons. The van der Waals surface area contributed by atoms with E-state index in [0.29, 0.717) is 16.9 Å². The highest BCUT2D eigenvalue weighted by Gasteiger charge is 2.17. The van der Waals surface area contributed by atoms with Gasteiger partial charge in [0.05, 0.1) is 15.7 Å². The maximum Gasteiger partial charge on any atom is 0.207 e. The SMILES string of the molecule is Cc1cnc2c(c1)nc(N)n2-c1c(Cl)cc(F)cc1Cl. The molecule has 7 heteroatoms. The smallest absolute Gasteiger partial charge is 0.207 e. The molecule has 0 aliphatic rings. The van der Waals surface area contributed by atoms with Crippen LogP contribution in [0.5, 0.6) is 0 Å². The van der Waals surface area contributed by atoms with E-state index in [-0.39, 0.29) is 16.0 Å². The molecule has 0 radical (unpaired) electrons. The van der Waals surface area contributed by atoms with E-state index in [1.165, 1.54) is 16.7 Å². The maximum atomic E-state index is 13.3. The van der Waals surface area contributed by atoms with E-state index in [9.17, 15) is 4.39 Å². The summed E-state index contributed by atoms with van der Waals surface area (Å²) < 4.78 is 14.8. The monoisotopic (exact) mass is 310 g/mol. The fourth-order valence-electron chi connectivity index (χ4n) is 2.05. The number of nitrogen functional groups attached to an aromatic ring is 1. The quantitative estimate of drug-likeness (QED) is 0.744. The number of rotatable bonds is 1. The number of halogens is 3. The van der Waals surface area contributed by atoms with Gasteiger partial charge in [0, 0.05) is 6.20 Å². The zero-order valence-electron chi connectivity index (χ0n) is 10.4. The molecule has 1 aromatic carbocycles. The van der Waals surface area contributed by atoms with E-state index in [2.05, 4.69) is 9.97 Å². The Morgan fingerprint density at radius 1 is 1.20 bits per heavy atom. The lowest BCUT2D eigenvalue weighted by Crippen LogP contribution is -2.03. The van der Waals surface area contributed by atoms with Crippen LogP contribution in [0.1, 0.15) is 5.56 Å². The summed E-state index contributed by atoms with van der Waals surface area (Å²) in [4.78, 5) is 8.51. The number of hydrogen-bond donors (Lipinski definition) is 1. The summed E-state index contributed by atoms with van der Waals surface area (Å²) in [5.74, 6) is -0.330. The summed E-state index contributed by atoms with van der Waals surface area (Å²) in [5.41, 5.74) is 8.38. The highest BCUT2D eigenvalue weighted by molar-refractivity contribution is 6.38. The number of benzene rings is 1. The predicted octanol–water partition coefficient (Wildman–Crippen LogP) is 3.76. The lowest BCUT2D eigenvalue weighted by molar-refractivity contribution is 0.627.